The number of hydrogen-bond acceptors (Lipinski definition) is 6. The van der Waals surface area contributed by atoms with Gasteiger partial charge in [0.1, 0.15) is 22.3 Å². The number of thiazole rings is 1. The molecule has 1 aliphatic rings. The van der Waals surface area contributed by atoms with Gasteiger partial charge in [0, 0.05) is 36.7 Å². The van der Waals surface area contributed by atoms with Gasteiger partial charge < -0.3 is 14.6 Å². The Morgan fingerprint density at radius 2 is 2.00 bits per heavy atom. The fourth-order valence-corrected chi connectivity index (χ4v) is 4.40. The molecule has 0 radical (unpaired) electrons. The van der Waals surface area contributed by atoms with Gasteiger partial charge in [-0.1, -0.05) is 6.07 Å². The lowest BCUT2D eigenvalue weighted by Crippen LogP contribution is -2.44. The summed E-state index contributed by atoms with van der Waals surface area (Å²) in [7, 11) is 0. The molecule has 7 nitrogen and oxygen atoms in total. The zero-order valence-electron chi connectivity index (χ0n) is 17.9. The molecule has 0 spiro atoms. The molecule has 2 aromatic heterocycles. The average Bonchev–Trinajstić information content (AvgIpc) is 3.30. The van der Waals surface area contributed by atoms with Crippen LogP contribution in [0.5, 0.6) is 5.75 Å². The van der Waals surface area contributed by atoms with Crippen LogP contribution in [0.1, 0.15) is 42.6 Å². The first kappa shape index (κ1) is 21.2. The average molecular weight is 439 g/mol. The van der Waals surface area contributed by atoms with Crippen molar-refractivity contribution in [1.29, 1.82) is 0 Å². The van der Waals surface area contributed by atoms with Gasteiger partial charge in [-0.25, -0.2) is 9.97 Å². The molecule has 3 aromatic rings. The Bertz CT molecular complexity index is 1120. The fraction of sp³-hybridized carbons (Fsp3) is 0.391. The highest BCUT2D eigenvalue weighted by molar-refractivity contribution is 7.13. The second-order valence-corrected chi connectivity index (χ2v) is 8.85. The SMILES string of the molecule is Cc1ccc(O[C@H](C)C(=O)N2CCC(c3nc(-c4nccs4)cc(=O)[nH]3)CC2)cc1C. The Morgan fingerprint density at radius 3 is 2.68 bits per heavy atom. The van der Waals surface area contributed by atoms with Gasteiger partial charge in [0.2, 0.25) is 0 Å². The van der Waals surface area contributed by atoms with Crippen molar-refractivity contribution in [3.05, 3.63) is 63.1 Å². The van der Waals surface area contributed by atoms with Crippen molar-refractivity contribution in [2.45, 2.75) is 45.6 Å². The molecular formula is C23H26N4O3S. The molecule has 1 fully saturated rings. The molecule has 0 unspecified atom stereocenters. The summed E-state index contributed by atoms with van der Waals surface area (Å²) in [6.45, 7) is 7.08. The summed E-state index contributed by atoms with van der Waals surface area (Å²) in [5, 5.41) is 2.60. The maximum atomic E-state index is 12.9. The number of piperidine rings is 1. The standard InChI is InChI=1S/C23H26N4O3S/c1-14-4-5-18(12-15(14)2)30-16(3)23(29)27-9-6-17(7-10-27)21-25-19(13-20(28)26-21)22-24-8-11-31-22/h4-5,8,11-13,16-17H,6-7,9-10H2,1-3H3,(H,25,26,28)/t16-/m1/s1. The minimum Gasteiger partial charge on any atom is -0.481 e. The van der Waals surface area contributed by atoms with Crippen molar-refractivity contribution >= 4 is 17.2 Å². The molecule has 8 heteroatoms. The van der Waals surface area contributed by atoms with Crippen LogP contribution in [0, 0.1) is 13.8 Å². The van der Waals surface area contributed by atoms with Crippen LogP contribution < -0.4 is 10.3 Å². The number of aryl methyl sites for hydroxylation is 2. The van der Waals surface area contributed by atoms with Crippen molar-refractivity contribution in [3.63, 3.8) is 0 Å². The normalized spacial score (nSPS) is 15.6. The van der Waals surface area contributed by atoms with E-state index in [-0.39, 0.29) is 17.4 Å². The van der Waals surface area contributed by atoms with Crippen LogP contribution in [-0.4, -0.2) is 45.0 Å². The number of likely N-dealkylation sites (tertiary alicyclic amines) is 1. The van der Waals surface area contributed by atoms with Crippen LogP contribution in [0.15, 0.2) is 40.6 Å². The molecule has 162 valence electrons. The lowest BCUT2D eigenvalue weighted by molar-refractivity contribution is -0.139. The number of H-pyrrole nitrogens is 1. The molecule has 1 N–H and O–H groups in total. The zero-order chi connectivity index (χ0) is 22.0. The van der Waals surface area contributed by atoms with Crippen LogP contribution in [0.25, 0.3) is 10.7 Å². The first-order valence-electron chi connectivity index (χ1n) is 10.4. The number of nitrogens with zero attached hydrogens (tertiary/aromatic N) is 3. The number of aromatic nitrogens is 3. The quantitative estimate of drug-likeness (QED) is 0.656. The molecule has 1 atom stereocenters. The van der Waals surface area contributed by atoms with Crippen molar-refractivity contribution in [3.8, 4) is 16.5 Å². The third kappa shape index (κ3) is 4.85. The van der Waals surface area contributed by atoms with Crippen LogP contribution >= 0.6 is 11.3 Å². The smallest absolute Gasteiger partial charge is 0.263 e. The van der Waals surface area contributed by atoms with E-state index in [4.69, 9.17) is 4.74 Å². The fourth-order valence-electron chi connectivity index (χ4n) is 3.80. The molecule has 1 aliphatic heterocycles. The van der Waals surface area contributed by atoms with Gasteiger partial charge in [0.05, 0.1) is 0 Å². The minimum atomic E-state index is -0.551. The van der Waals surface area contributed by atoms with Gasteiger partial charge in [-0.15, -0.1) is 11.3 Å². The summed E-state index contributed by atoms with van der Waals surface area (Å²) in [6.07, 6.45) is 2.64. The molecule has 0 bridgehead atoms. The largest absolute Gasteiger partial charge is 0.481 e. The third-order valence-electron chi connectivity index (χ3n) is 5.74. The van der Waals surface area contributed by atoms with Gasteiger partial charge in [-0.3, -0.25) is 9.59 Å². The zero-order valence-corrected chi connectivity index (χ0v) is 18.7. The predicted octanol–water partition coefficient (Wildman–Crippen LogP) is 3.68. The van der Waals surface area contributed by atoms with E-state index in [1.54, 1.807) is 13.1 Å². The van der Waals surface area contributed by atoms with Crippen LogP contribution in [0.3, 0.4) is 0 Å². The van der Waals surface area contributed by atoms with E-state index >= 15 is 0 Å². The highest BCUT2D eigenvalue weighted by atomic mass is 32.1. The monoisotopic (exact) mass is 438 g/mol. The second kappa shape index (κ2) is 9.01. The maximum absolute atomic E-state index is 12.9. The number of hydrogen-bond donors (Lipinski definition) is 1. The first-order valence-corrected chi connectivity index (χ1v) is 11.3. The lowest BCUT2D eigenvalue weighted by atomic mass is 9.95. The highest BCUT2D eigenvalue weighted by Gasteiger charge is 2.29. The van der Waals surface area contributed by atoms with Gasteiger partial charge in [0.15, 0.2) is 6.10 Å². The molecular weight excluding hydrogens is 412 g/mol. The van der Waals surface area contributed by atoms with E-state index in [2.05, 4.69) is 15.0 Å². The summed E-state index contributed by atoms with van der Waals surface area (Å²) >= 11 is 1.46. The topological polar surface area (TPSA) is 88.2 Å². The first-order chi connectivity index (χ1) is 14.9. The van der Waals surface area contributed by atoms with Crippen molar-refractivity contribution in [2.75, 3.05) is 13.1 Å². The van der Waals surface area contributed by atoms with Crippen molar-refractivity contribution in [2.24, 2.45) is 0 Å². The summed E-state index contributed by atoms with van der Waals surface area (Å²) in [5.74, 6) is 1.46. The Balaban J connectivity index is 1.38. The summed E-state index contributed by atoms with van der Waals surface area (Å²) < 4.78 is 5.89. The maximum Gasteiger partial charge on any atom is 0.263 e. The molecule has 1 saturated heterocycles. The second-order valence-electron chi connectivity index (χ2n) is 7.96. The van der Waals surface area contributed by atoms with E-state index in [0.717, 1.165) is 23.4 Å². The van der Waals surface area contributed by atoms with E-state index in [0.29, 0.717) is 30.4 Å². The van der Waals surface area contributed by atoms with E-state index in [1.807, 2.05) is 42.3 Å². The van der Waals surface area contributed by atoms with Crippen molar-refractivity contribution in [1.82, 2.24) is 19.9 Å². The van der Waals surface area contributed by atoms with Gasteiger partial charge in [0.25, 0.3) is 11.5 Å². The van der Waals surface area contributed by atoms with Crippen molar-refractivity contribution < 1.29 is 9.53 Å². The summed E-state index contributed by atoms with van der Waals surface area (Å²) in [4.78, 5) is 38.6. The van der Waals surface area contributed by atoms with E-state index in [9.17, 15) is 9.59 Å². The number of carbonyl (C=O) groups is 1. The molecule has 31 heavy (non-hydrogen) atoms. The van der Waals surface area contributed by atoms with Gasteiger partial charge >= 0.3 is 0 Å². The lowest BCUT2D eigenvalue weighted by Gasteiger charge is -2.33. The molecule has 1 aromatic carbocycles. The number of amides is 1. The Hall–Kier alpha value is -3.00. The molecule has 1 amide bonds. The van der Waals surface area contributed by atoms with Crippen LogP contribution in [0.4, 0.5) is 0 Å². The Labute approximate surface area is 185 Å². The third-order valence-corrected chi connectivity index (χ3v) is 6.54. The number of rotatable bonds is 5. The number of nitrogens with one attached hydrogen (secondary N) is 1. The number of aromatic amines is 1. The van der Waals surface area contributed by atoms with Gasteiger partial charge in [-0.2, -0.15) is 0 Å². The number of benzene rings is 1. The van der Waals surface area contributed by atoms with E-state index < -0.39 is 6.10 Å². The summed E-state index contributed by atoms with van der Waals surface area (Å²) in [5.41, 5.74) is 2.75. The molecule has 0 saturated carbocycles. The highest BCUT2D eigenvalue weighted by Crippen LogP contribution is 2.28. The number of carbonyl (C=O) groups excluding carboxylic acids is 1. The number of ether oxygens (including phenoxy) is 1. The summed E-state index contributed by atoms with van der Waals surface area (Å²) in [6, 6.07) is 7.34. The van der Waals surface area contributed by atoms with Crippen LogP contribution in [-0.2, 0) is 4.79 Å². The minimum absolute atomic E-state index is 0.0188. The molecule has 0 aliphatic carbocycles. The Kier molecular flexibility index (Phi) is 6.18. The molecule has 3 heterocycles. The predicted molar refractivity (Wildman–Crippen MR) is 121 cm³/mol. The van der Waals surface area contributed by atoms with Gasteiger partial charge in [-0.05, 0) is 56.9 Å². The van der Waals surface area contributed by atoms with E-state index in [1.165, 1.54) is 23.0 Å². The molecule has 4 rings (SSSR count). The van der Waals surface area contributed by atoms with Crippen LogP contribution in [0.2, 0.25) is 0 Å². The Morgan fingerprint density at radius 1 is 1.23 bits per heavy atom.